The molecule has 3 heterocycles. The Bertz CT molecular complexity index is 2100. The fourth-order valence-corrected chi connectivity index (χ4v) is 15.4. The van der Waals surface area contributed by atoms with Gasteiger partial charge < -0.3 is 74.6 Å². The van der Waals surface area contributed by atoms with Crippen LogP contribution in [0.2, 0.25) is 0 Å². The summed E-state index contributed by atoms with van der Waals surface area (Å²) in [6.45, 7) is 16.8. The van der Waals surface area contributed by atoms with Gasteiger partial charge in [-0.2, -0.15) is 0 Å². The number of hydrogen-bond acceptors (Lipinski definition) is 20. The maximum atomic E-state index is 14.6. The molecule has 7 fully saturated rings. The Morgan fingerprint density at radius 1 is 0.730 bits per heavy atom. The second-order valence-corrected chi connectivity index (χ2v) is 25.0. The molecule has 0 radical (unpaired) electrons. The van der Waals surface area contributed by atoms with E-state index in [4.69, 9.17) is 28.5 Å². The number of allylic oxidation sites excluding steroid dienone is 2. The van der Waals surface area contributed by atoms with E-state index in [0.29, 0.717) is 44.8 Å². The number of piperazine rings is 1. The molecule has 4 saturated carbocycles. The molecule has 0 spiro atoms. The van der Waals surface area contributed by atoms with Crippen LogP contribution in [0.3, 0.4) is 0 Å². The highest BCUT2D eigenvalue weighted by Gasteiger charge is 2.70. The summed E-state index contributed by atoms with van der Waals surface area (Å²) in [5, 5.41) is 98.2. The Hall–Kier alpha value is -3.29. The number of carbonyl (C=O) groups is 3. The van der Waals surface area contributed by atoms with Gasteiger partial charge in [-0.05, 0) is 104 Å². The summed E-state index contributed by atoms with van der Waals surface area (Å²) >= 11 is 0. The molecular weight excluding hydrogens is 969 g/mol. The molecule has 18 atom stereocenters. The quantitative estimate of drug-likeness (QED) is 0.0306. The Morgan fingerprint density at radius 2 is 1.34 bits per heavy atom. The molecule has 420 valence electrons. The number of aliphatic hydroxyl groups is 8. The molecule has 22 nitrogen and oxygen atoms in total. The van der Waals surface area contributed by atoms with E-state index in [1.54, 1.807) is 0 Å². The molecule has 0 aromatic heterocycles. The second-order valence-electron chi connectivity index (χ2n) is 25.0. The van der Waals surface area contributed by atoms with Gasteiger partial charge >= 0.3 is 17.9 Å². The van der Waals surface area contributed by atoms with E-state index in [0.717, 1.165) is 44.9 Å². The number of hydrogen-bond donors (Lipinski definition) is 8. The Labute approximate surface area is 433 Å². The monoisotopic (exact) mass is 1050 g/mol. The van der Waals surface area contributed by atoms with E-state index >= 15 is 0 Å². The fraction of sp³-hybridized carbons (Fsp3) is 0.904. The van der Waals surface area contributed by atoms with Crippen molar-refractivity contribution in [3.63, 3.8) is 0 Å². The summed E-state index contributed by atoms with van der Waals surface area (Å²) in [6, 6.07) is 0. The van der Waals surface area contributed by atoms with Gasteiger partial charge in [-0.3, -0.25) is 19.3 Å². The van der Waals surface area contributed by atoms with Crippen LogP contribution < -0.4 is 0 Å². The van der Waals surface area contributed by atoms with Gasteiger partial charge in [-0.15, -0.1) is 5.01 Å². The van der Waals surface area contributed by atoms with Crippen molar-refractivity contribution in [1.82, 2.24) is 9.91 Å². The molecule has 3 saturated heterocycles. The fourth-order valence-electron chi connectivity index (χ4n) is 15.4. The topological polar surface area (TPSA) is 313 Å². The molecular formula is C52H84N4O18. The molecule has 3 aliphatic heterocycles. The third kappa shape index (κ3) is 10.2. The maximum absolute atomic E-state index is 14.6. The predicted octanol–water partition coefficient (Wildman–Crippen LogP) is 1.59. The van der Waals surface area contributed by atoms with Crippen molar-refractivity contribution >= 4 is 17.9 Å². The molecule has 0 aromatic carbocycles. The number of nitrogens with zero attached hydrogens (tertiary/aromatic N) is 4. The Balaban J connectivity index is 0.825. The zero-order chi connectivity index (χ0) is 53.9. The van der Waals surface area contributed by atoms with E-state index in [1.165, 1.54) is 10.6 Å². The van der Waals surface area contributed by atoms with Crippen molar-refractivity contribution in [2.75, 3.05) is 52.5 Å². The number of aliphatic hydroxyl groups excluding tert-OH is 8. The molecule has 0 unspecified atom stereocenters. The van der Waals surface area contributed by atoms with E-state index < -0.39 is 97.9 Å². The smallest absolute Gasteiger partial charge is 0.315 e. The van der Waals surface area contributed by atoms with Gasteiger partial charge in [0.25, 0.3) is 6.29 Å². The normalized spacial score (nSPS) is 44.1. The minimum absolute atomic E-state index is 0.0370. The van der Waals surface area contributed by atoms with Gasteiger partial charge in [0.2, 0.25) is 11.6 Å². The largest absolute Gasteiger partial charge is 0.569 e. The van der Waals surface area contributed by atoms with E-state index in [1.807, 2.05) is 4.90 Å². The van der Waals surface area contributed by atoms with Crippen LogP contribution in [0, 0.1) is 55.5 Å². The first kappa shape index (κ1) is 56.9. The molecule has 0 amide bonds. The minimum Gasteiger partial charge on any atom is -0.569 e. The van der Waals surface area contributed by atoms with Crippen LogP contribution in [-0.2, 0) is 42.9 Å². The van der Waals surface area contributed by atoms with Crippen molar-refractivity contribution in [3.05, 3.63) is 16.9 Å². The molecule has 8 N–H and O–H groups in total. The SMILES string of the molecule is CC1(C)CC[C@]2(C(=O)O[C@@H]3O[C@H](CO)[C@H](O)[C@H](O)[C@H]3O)CC[C@]3(C)C(=CC[C@@H]4[C@@]5(C)CC[C@H](OC(=O)CCC(=O)OCCN6CCN(/[N+]([O-])=N/O[C@@H]7O[C@H](CO)[C@@H](O)[C@H](O)[C@H]7O)CC6)C(C)(C)[C@@H]5CC[C@]43C)[C@@H]2C1. The van der Waals surface area contributed by atoms with Crippen LogP contribution >= 0.6 is 0 Å². The van der Waals surface area contributed by atoms with Crippen LogP contribution in [0.1, 0.15) is 126 Å². The zero-order valence-electron chi connectivity index (χ0n) is 44.3. The third-order valence-electron chi connectivity index (χ3n) is 20.2. The minimum atomic E-state index is -1.71. The maximum Gasteiger partial charge on any atom is 0.315 e. The van der Waals surface area contributed by atoms with Gasteiger partial charge in [0, 0.05) is 25.0 Å². The van der Waals surface area contributed by atoms with Crippen molar-refractivity contribution in [2.24, 2.45) is 55.5 Å². The molecule has 0 aromatic rings. The number of ether oxygens (including phenoxy) is 5. The van der Waals surface area contributed by atoms with Crippen molar-refractivity contribution < 1.29 is 88.7 Å². The highest BCUT2D eigenvalue weighted by molar-refractivity contribution is 5.79. The number of carbonyl (C=O) groups excluding carboxylic acids is 3. The Morgan fingerprint density at radius 3 is 1.99 bits per heavy atom. The van der Waals surface area contributed by atoms with Crippen molar-refractivity contribution in [1.29, 1.82) is 0 Å². The summed E-state index contributed by atoms with van der Waals surface area (Å²) in [6.07, 6.45) is -5.60. The molecule has 22 heteroatoms. The number of rotatable bonds is 14. The molecule has 8 rings (SSSR count). The lowest BCUT2D eigenvalue weighted by Crippen LogP contribution is -2.65. The van der Waals surface area contributed by atoms with Crippen molar-refractivity contribution in [3.8, 4) is 0 Å². The summed E-state index contributed by atoms with van der Waals surface area (Å²) in [4.78, 5) is 48.1. The first-order valence-electron chi connectivity index (χ1n) is 27.0. The van der Waals surface area contributed by atoms with E-state index in [2.05, 4.69) is 59.8 Å². The van der Waals surface area contributed by atoms with Gasteiger partial charge in [0.1, 0.15) is 61.5 Å². The lowest BCUT2D eigenvalue weighted by atomic mass is 9.33. The summed E-state index contributed by atoms with van der Waals surface area (Å²) in [7, 11) is 0. The van der Waals surface area contributed by atoms with E-state index in [9.17, 15) is 60.4 Å². The predicted molar refractivity (Wildman–Crippen MR) is 258 cm³/mol. The van der Waals surface area contributed by atoms with Crippen LogP contribution in [0.4, 0.5) is 0 Å². The number of hydrazine groups is 1. The summed E-state index contributed by atoms with van der Waals surface area (Å²) < 4.78 is 28.6. The van der Waals surface area contributed by atoms with Gasteiger partial charge in [0.05, 0.1) is 49.5 Å². The highest BCUT2D eigenvalue weighted by Crippen LogP contribution is 2.76. The van der Waals surface area contributed by atoms with Gasteiger partial charge in [-0.1, -0.05) is 60.1 Å². The molecule has 5 aliphatic carbocycles. The zero-order valence-corrected chi connectivity index (χ0v) is 44.3. The van der Waals surface area contributed by atoms with Crippen LogP contribution in [-0.4, -0.2) is 194 Å². The number of fused-ring (bicyclic) bond motifs is 7. The lowest BCUT2D eigenvalue weighted by molar-refractivity contribution is -0.716. The molecule has 0 bridgehead atoms. The third-order valence-corrected chi connectivity index (χ3v) is 20.2. The average Bonchev–Trinajstić information content (AvgIpc) is 3.36. The van der Waals surface area contributed by atoms with E-state index in [-0.39, 0.29) is 82.5 Å². The average molecular weight is 1050 g/mol. The summed E-state index contributed by atoms with van der Waals surface area (Å²) in [5.41, 5.74) is -0.330. The van der Waals surface area contributed by atoms with Crippen molar-refractivity contribution in [2.45, 2.75) is 193 Å². The number of esters is 3. The van der Waals surface area contributed by atoms with Crippen LogP contribution in [0.15, 0.2) is 16.9 Å². The second kappa shape index (κ2) is 21.5. The van der Waals surface area contributed by atoms with Crippen LogP contribution in [0.5, 0.6) is 0 Å². The van der Waals surface area contributed by atoms with Gasteiger partial charge in [0.15, 0.2) is 0 Å². The summed E-state index contributed by atoms with van der Waals surface area (Å²) in [5.74, 6) is -0.956. The Kier molecular flexibility index (Phi) is 16.5. The lowest BCUT2D eigenvalue weighted by Gasteiger charge is -2.71. The first-order chi connectivity index (χ1) is 34.8. The first-order valence-corrected chi connectivity index (χ1v) is 27.0. The van der Waals surface area contributed by atoms with Gasteiger partial charge in [-0.25, -0.2) is 0 Å². The molecule has 74 heavy (non-hydrogen) atoms. The highest BCUT2D eigenvalue weighted by atomic mass is 16.8. The van der Waals surface area contributed by atoms with Crippen LogP contribution in [0.25, 0.3) is 0 Å². The molecule has 8 aliphatic rings. The standard InChI is InChI=1S/C52H84N4O18/c1-47(2)16-18-52(46(67)73-44-42(65)40(63)38(61)31(27-57)70-44)19-17-50(6)29(30(52)26-47)8-9-34-49(5)14-13-35(48(3,4)33(49)12-15-51(34,50)7)72-37(60)11-10-36(59)69-25-24-54-20-22-55(23-21-54)56(68)53-74-45-43(66)41(64)39(62)32(28-58)71-45/h8,30-35,38-45,57-58,61-66H,9-28H2,1-7H3/b56-53-/t30-,31+,32+,33-,34+,35-,38-,39+,40-,41-,42+,43+,44-,45-,49-,50+,51+,52-/m0/s1.